The van der Waals surface area contributed by atoms with Gasteiger partial charge in [0.15, 0.2) is 5.65 Å². The highest BCUT2D eigenvalue weighted by atomic mass is 32.1. The first-order valence-corrected chi connectivity index (χ1v) is 9.42. The monoisotopic (exact) mass is 377 g/mol. The highest BCUT2D eigenvalue weighted by molar-refractivity contribution is 7.15. The molecule has 1 unspecified atom stereocenters. The molecule has 0 saturated carbocycles. The smallest absolute Gasteiger partial charge is 0.180 e. The molecule has 0 fully saturated rings. The van der Waals surface area contributed by atoms with Crippen molar-refractivity contribution in [2.45, 2.75) is 19.9 Å². The summed E-state index contributed by atoms with van der Waals surface area (Å²) in [4.78, 5) is 19.0. The number of anilines is 1. The van der Waals surface area contributed by atoms with Gasteiger partial charge in [0.25, 0.3) is 0 Å². The minimum Gasteiger partial charge on any atom is -0.497 e. The van der Waals surface area contributed by atoms with Gasteiger partial charge in [-0.05, 0) is 50.2 Å². The third kappa shape index (κ3) is 3.59. The third-order valence-corrected chi connectivity index (χ3v) is 5.65. The number of fused-ring (bicyclic) bond motifs is 1. The highest BCUT2D eigenvalue weighted by Gasteiger charge is 2.16. The molecule has 136 valence electrons. The maximum absolute atomic E-state index is 5.23. The topological polar surface area (TPSA) is 72.8 Å². The Bertz CT molecular complexity index is 1080. The lowest BCUT2D eigenvalue weighted by molar-refractivity contribution is 0.415. The van der Waals surface area contributed by atoms with E-state index in [1.54, 1.807) is 30.8 Å². The predicted octanol–water partition coefficient (Wildman–Crippen LogP) is 4.64. The van der Waals surface area contributed by atoms with Gasteiger partial charge in [-0.25, -0.2) is 15.0 Å². The summed E-state index contributed by atoms with van der Waals surface area (Å²) in [6.07, 6.45) is 3.32. The van der Waals surface area contributed by atoms with Crippen LogP contribution in [0.5, 0.6) is 5.75 Å². The Morgan fingerprint density at radius 1 is 1.00 bits per heavy atom. The van der Waals surface area contributed by atoms with Crippen molar-refractivity contribution in [1.82, 2.24) is 19.9 Å². The van der Waals surface area contributed by atoms with Crippen molar-refractivity contribution in [2.75, 3.05) is 12.4 Å². The van der Waals surface area contributed by atoms with Gasteiger partial charge in [-0.2, -0.15) is 0 Å². The van der Waals surface area contributed by atoms with E-state index in [2.05, 4.69) is 27.2 Å². The first-order chi connectivity index (χ1) is 13.1. The average molecular weight is 377 g/mol. The minimum absolute atomic E-state index is 0.0797. The van der Waals surface area contributed by atoms with Gasteiger partial charge in [0.1, 0.15) is 22.1 Å². The van der Waals surface area contributed by atoms with Gasteiger partial charge >= 0.3 is 0 Å². The van der Waals surface area contributed by atoms with Crippen molar-refractivity contribution in [3.8, 4) is 16.3 Å². The third-order valence-electron chi connectivity index (χ3n) is 4.26. The summed E-state index contributed by atoms with van der Waals surface area (Å²) < 4.78 is 5.23. The number of hydrogen-bond acceptors (Lipinski definition) is 7. The molecule has 0 aliphatic heterocycles. The molecule has 1 N–H and O–H groups in total. The molecule has 0 bridgehead atoms. The lowest BCUT2D eigenvalue weighted by atomic mass is 10.2. The largest absolute Gasteiger partial charge is 0.497 e. The molecule has 27 heavy (non-hydrogen) atoms. The summed E-state index contributed by atoms with van der Waals surface area (Å²) in [5.41, 5.74) is 3.52. The van der Waals surface area contributed by atoms with Crippen LogP contribution in [0.25, 0.3) is 21.7 Å². The van der Waals surface area contributed by atoms with Crippen LogP contribution in [0.4, 0.5) is 5.82 Å². The van der Waals surface area contributed by atoms with Gasteiger partial charge in [-0.3, -0.25) is 4.98 Å². The predicted molar refractivity (Wildman–Crippen MR) is 108 cm³/mol. The first kappa shape index (κ1) is 17.4. The SMILES string of the molecule is COc1ccc(-c2nc(C)c(C(C)Nc3ccc4nccnc4n3)s2)cc1. The maximum Gasteiger partial charge on any atom is 0.180 e. The molecule has 7 heteroatoms. The molecule has 0 aliphatic rings. The van der Waals surface area contributed by atoms with Crippen molar-refractivity contribution in [3.05, 3.63) is 59.4 Å². The Balaban J connectivity index is 1.57. The molecule has 0 aliphatic carbocycles. The number of pyridine rings is 1. The molecule has 0 radical (unpaired) electrons. The molecule has 1 aromatic carbocycles. The standard InChI is InChI=1S/C20H19N5OS/c1-12(23-17-9-8-16-19(25-17)22-11-10-21-16)18-13(2)24-20(27-18)14-4-6-15(26-3)7-5-14/h4-12H,1-3H3,(H,22,23,25). The second kappa shape index (κ2) is 7.28. The van der Waals surface area contributed by atoms with Crippen LogP contribution in [0.2, 0.25) is 0 Å². The molecular formula is C20H19N5OS. The Kier molecular flexibility index (Phi) is 4.68. The second-order valence-electron chi connectivity index (χ2n) is 6.16. The van der Waals surface area contributed by atoms with E-state index >= 15 is 0 Å². The molecule has 0 saturated heterocycles. The van der Waals surface area contributed by atoms with Crippen LogP contribution in [0, 0.1) is 6.92 Å². The van der Waals surface area contributed by atoms with Gasteiger partial charge in [0.2, 0.25) is 0 Å². The van der Waals surface area contributed by atoms with E-state index in [1.807, 2.05) is 43.3 Å². The number of aromatic nitrogens is 4. The number of thiazole rings is 1. The first-order valence-electron chi connectivity index (χ1n) is 8.60. The number of nitrogens with one attached hydrogen (secondary N) is 1. The number of aryl methyl sites for hydroxylation is 1. The zero-order valence-corrected chi connectivity index (χ0v) is 16.1. The molecule has 1 atom stereocenters. The van der Waals surface area contributed by atoms with E-state index in [0.29, 0.717) is 5.65 Å². The van der Waals surface area contributed by atoms with Crippen LogP contribution in [-0.2, 0) is 0 Å². The van der Waals surface area contributed by atoms with Crippen LogP contribution in [0.3, 0.4) is 0 Å². The Morgan fingerprint density at radius 3 is 2.56 bits per heavy atom. The number of hydrogen-bond donors (Lipinski definition) is 1. The van der Waals surface area contributed by atoms with Crippen molar-refractivity contribution in [3.63, 3.8) is 0 Å². The zero-order valence-electron chi connectivity index (χ0n) is 15.3. The van der Waals surface area contributed by atoms with Crippen molar-refractivity contribution in [1.29, 1.82) is 0 Å². The number of nitrogens with zero attached hydrogens (tertiary/aromatic N) is 4. The van der Waals surface area contributed by atoms with Gasteiger partial charge in [0.05, 0.1) is 18.8 Å². The minimum atomic E-state index is 0.0797. The molecule has 0 amide bonds. The van der Waals surface area contributed by atoms with E-state index in [0.717, 1.165) is 33.3 Å². The van der Waals surface area contributed by atoms with Crippen LogP contribution < -0.4 is 10.1 Å². The van der Waals surface area contributed by atoms with Gasteiger partial charge < -0.3 is 10.1 Å². The normalized spacial score (nSPS) is 12.1. The summed E-state index contributed by atoms with van der Waals surface area (Å²) in [6.45, 7) is 4.15. The molecule has 4 aromatic rings. The Labute approximate surface area is 161 Å². The Morgan fingerprint density at radius 2 is 1.78 bits per heavy atom. The van der Waals surface area contributed by atoms with Gasteiger partial charge in [0, 0.05) is 22.8 Å². The van der Waals surface area contributed by atoms with E-state index in [4.69, 9.17) is 9.72 Å². The van der Waals surface area contributed by atoms with Crippen molar-refractivity contribution in [2.24, 2.45) is 0 Å². The number of benzene rings is 1. The van der Waals surface area contributed by atoms with Crippen molar-refractivity contribution >= 4 is 28.3 Å². The molecular weight excluding hydrogens is 358 g/mol. The second-order valence-corrected chi connectivity index (χ2v) is 7.19. The van der Waals surface area contributed by atoms with E-state index in [-0.39, 0.29) is 6.04 Å². The van der Waals surface area contributed by atoms with Crippen LogP contribution in [0.15, 0.2) is 48.8 Å². The number of rotatable bonds is 5. The summed E-state index contributed by atoms with van der Waals surface area (Å²) in [7, 11) is 1.67. The number of ether oxygens (including phenoxy) is 1. The molecule has 0 spiro atoms. The van der Waals surface area contributed by atoms with Crippen LogP contribution in [-0.4, -0.2) is 27.0 Å². The van der Waals surface area contributed by atoms with E-state index in [9.17, 15) is 0 Å². The molecule has 6 nitrogen and oxygen atoms in total. The fourth-order valence-corrected chi connectivity index (χ4v) is 3.96. The lowest BCUT2D eigenvalue weighted by Gasteiger charge is -2.13. The van der Waals surface area contributed by atoms with Gasteiger partial charge in [-0.15, -0.1) is 11.3 Å². The molecule has 3 aromatic heterocycles. The van der Waals surface area contributed by atoms with E-state index < -0.39 is 0 Å². The molecule has 3 heterocycles. The van der Waals surface area contributed by atoms with Gasteiger partial charge in [-0.1, -0.05) is 0 Å². The fraction of sp³-hybridized carbons (Fsp3) is 0.200. The molecule has 4 rings (SSSR count). The van der Waals surface area contributed by atoms with Crippen LogP contribution in [0.1, 0.15) is 23.5 Å². The summed E-state index contributed by atoms with van der Waals surface area (Å²) in [5.74, 6) is 1.61. The fourth-order valence-electron chi connectivity index (χ4n) is 2.89. The number of methoxy groups -OCH3 is 1. The Hall–Kier alpha value is -3.06. The lowest BCUT2D eigenvalue weighted by Crippen LogP contribution is -2.08. The van der Waals surface area contributed by atoms with E-state index in [1.165, 1.54) is 4.88 Å². The summed E-state index contributed by atoms with van der Waals surface area (Å²) in [5, 5.41) is 4.44. The summed E-state index contributed by atoms with van der Waals surface area (Å²) >= 11 is 1.69. The summed E-state index contributed by atoms with van der Waals surface area (Å²) in [6, 6.07) is 11.9. The van der Waals surface area contributed by atoms with Crippen LogP contribution >= 0.6 is 11.3 Å². The maximum atomic E-state index is 5.23. The average Bonchev–Trinajstić information content (AvgIpc) is 3.10. The highest BCUT2D eigenvalue weighted by Crippen LogP contribution is 2.33. The van der Waals surface area contributed by atoms with Crippen molar-refractivity contribution < 1.29 is 4.74 Å². The zero-order chi connectivity index (χ0) is 18.8. The quantitative estimate of drug-likeness (QED) is 0.546.